The van der Waals surface area contributed by atoms with Gasteiger partial charge in [0.1, 0.15) is 6.54 Å². The molecule has 0 saturated heterocycles. The van der Waals surface area contributed by atoms with Crippen LogP contribution >= 0.6 is 11.8 Å². The largest absolute Gasteiger partial charge is 0.405 e. The summed E-state index contributed by atoms with van der Waals surface area (Å²) in [4.78, 5) is 29.2. The zero-order valence-electron chi connectivity index (χ0n) is 14.8. The van der Waals surface area contributed by atoms with Crippen LogP contribution in [0.1, 0.15) is 5.56 Å². The zero-order chi connectivity index (χ0) is 20.3. The molecule has 5 nitrogen and oxygen atoms in total. The Balaban J connectivity index is 1.96. The van der Waals surface area contributed by atoms with Crippen LogP contribution in [0, 0.1) is 6.92 Å². The van der Waals surface area contributed by atoms with Gasteiger partial charge in [0.05, 0.1) is 22.3 Å². The number of nitrogens with one attached hydrogen (secondary N) is 1. The summed E-state index contributed by atoms with van der Waals surface area (Å²) in [5.41, 5.74) is 1.71. The molecule has 0 aliphatic heterocycles. The third-order valence-electron chi connectivity index (χ3n) is 3.86. The molecule has 146 valence electrons. The van der Waals surface area contributed by atoms with Crippen molar-refractivity contribution in [2.24, 2.45) is 0 Å². The number of para-hydroxylation sites is 1. The summed E-state index contributed by atoms with van der Waals surface area (Å²) in [6.07, 6.45) is -4.48. The molecule has 0 radical (unpaired) electrons. The highest BCUT2D eigenvalue weighted by molar-refractivity contribution is 7.99. The van der Waals surface area contributed by atoms with Gasteiger partial charge in [-0.1, -0.05) is 41.6 Å². The Bertz CT molecular complexity index is 1060. The Morgan fingerprint density at radius 2 is 1.82 bits per heavy atom. The van der Waals surface area contributed by atoms with Crippen molar-refractivity contribution in [2.75, 3.05) is 12.3 Å². The lowest BCUT2D eigenvalue weighted by atomic mass is 10.2. The van der Waals surface area contributed by atoms with Gasteiger partial charge in [-0.25, -0.2) is 4.98 Å². The van der Waals surface area contributed by atoms with Crippen molar-refractivity contribution in [3.8, 4) is 5.69 Å². The summed E-state index contributed by atoms with van der Waals surface area (Å²) in [5.74, 6) is -1.09. The molecule has 0 atom stereocenters. The number of amides is 1. The van der Waals surface area contributed by atoms with Gasteiger partial charge in [-0.05, 0) is 31.2 Å². The molecule has 1 heterocycles. The third kappa shape index (κ3) is 4.72. The molecule has 1 amide bonds. The van der Waals surface area contributed by atoms with Crippen LogP contribution in [0.5, 0.6) is 0 Å². The fourth-order valence-corrected chi connectivity index (χ4v) is 3.35. The molecule has 0 unspecified atom stereocenters. The quantitative estimate of drug-likeness (QED) is 0.520. The van der Waals surface area contributed by atoms with E-state index in [0.717, 1.165) is 17.3 Å². The number of rotatable bonds is 5. The molecule has 2 aromatic carbocycles. The smallest absolute Gasteiger partial charge is 0.346 e. The molecule has 0 bridgehead atoms. The van der Waals surface area contributed by atoms with Gasteiger partial charge in [0.15, 0.2) is 5.16 Å². The number of carbonyl (C=O) groups is 1. The van der Waals surface area contributed by atoms with Crippen molar-refractivity contribution in [3.05, 3.63) is 64.4 Å². The van der Waals surface area contributed by atoms with Crippen LogP contribution in [0.15, 0.2) is 58.5 Å². The van der Waals surface area contributed by atoms with E-state index < -0.39 is 18.6 Å². The van der Waals surface area contributed by atoms with Gasteiger partial charge in [-0.3, -0.25) is 14.2 Å². The molecule has 3 rings (SSSR count). The van der Waals surface area contributed by atoms with Crippen LogP contribution < -0.4 is 10.9 Å². The predicted octanol–water partition coefficient (Wildman–Crippen LogP) is 3.46. The molecule has 3 aromatic rings. The highest BCUT2D eigenvalue weighted by atomic mass is 32.2. The Morgan fingerprint density at radius 1 is 1.14 bits per heavy atom. The van der Waals surface area contributed by atoms with Gasteiger partial charge in [-0.2, -0.15) is 13.2 Å². The van der Waals surface area contributed by atoms with E-state index in [-0.39, 0.29) is 16.5 Å². The van der Waals surface area contributed by atoms with E-state index in [9.17, 15) is 22.8 Å². The monoisotopic (exact) mass is 407 g/mol. The summed E-state index contributed by atoms with van der Waals surface area (Å²) in [6, 6.07) is 14.0. The highest BCUT2D eigenvalue weighted by Crippen LogP contribution is 2.21. The summed E-state index contributed by atoms with van der Waals surface area (Å²) in [5, 5.41) is 2.45. The number of benzene rings is 2. The van der Waals surface area contributed by atoms with Crippen molar-refractivity contribution < 1.29 is 18.0 Å². The second-order valence-electron chi connectivity index (χ2n) is 6.07. The Morgan fingerprint density at radius 3 is 2.50 bits per heavy atom. The van der Waals surface area contributed by atoms with E-state index in [1.54, 1.807) is 36.4 Å². The van der Waals surface area contributed by atoms with Crippen LogP contribution in [-0.2, 0) is 4.79 Å². The zero-order valence-corrected chi connectivity index (χ0v) is 15.6. The van der Waals surface area contributed by atoms with Gasteiger partial charge < -0.3 is 5.32 Å². The fraction of sp³-hybridized carbons (Fsp3) is 0.211. The average Bonchev–Trinajstić information content (AvgIpc) is 2.65. The molecule has 28 heavy (non-hydrogen) atoms. The number of fused-ring (bicyclic) bond motifs is 1. The van der Waals surface area contributed by atoms with Gasteiger partial charge >= 0.3 is 6.18 Å². The fourth-order valence-electron chi connectivity index (χ4n) is 2.51. The first-order valence-electron chi connectivity index (χ1n) is 8.30. The van der Waals surface area contributed by atoms with Gasteiger partial charge in [-0.15, -0.1) is 0 Å². The second kappa shape index (κ2) is 8.05. The molecule has 0 aliphatic carbocycles. The minimum atomic E-state index is -4.48. The van der Waals surface area contributed by atoms with E-state index in [1.165, 1.54) is 4.57 Å². The standard InChI is InChI=1S/C19H16F3N3O2S/c1-12-6-8-13(9-7-12)25-17(27)14-4-2-3-5-15(14)24-18(25)28-10-16(26)23-11-19(20,21)22/h2-9H,10-11H2,1H3,(H,23,26). The number of nitrogens with zero attached hydrogens (tertiary/aromatic N) is 2. The van der Waals surface area contributed by atoms with Crippen LogP contribution in [0.3, 0.4) is 0 Å². The molecular weight excluding hydrogens is 391 g/mol. The van der Waals surface area contributed by atoms with Crippen molar-refractivity contribution in [1.29, 1.82) is 0 Å². The molecule has 0 fully saturated rings. The molecule has 9 heteroatoms. The van der Waals surface area contributed by atoms with E-state index in [1.807, 2.05) is 24.4 Å². The highest BCUT2D eigenvalue weighted by Gasteiger charge is 2.27. The predicted molar refractivity (Wildman–Crippen MR) is 102 cm³/mol. The molecule has 0 spiro atoms. The molecular formula is C19H16F3N3O2S. The SMILES string of the molecule is Cc1ccc(-n2c(SCC(=O)NCC(F)(F)F)nc3ccccc3c2=O)cc1. The normalized spacial score (nSPS) is 11.6. The van der Waals surface area contributed by atoms with E-state index in [4.69, 9.17) is 0 Å². The Labute approximate surface area is 162 Å². The average molecular weight is 407 g/mol. The number of aryl methyl sites for hydroxylation is 1. The summed E-state index contributed by atoms with van der Waals surface area (Å²) >= 11 is 0.906. The maximum absolute atomic E-state index is 13.0. The maximum Gasteiger partial charge on any atom is 0.405 e. The van der Waals surface area contributed by atoms with Crippen LogP contribution in [0.25, 0.3) is 16.6 Å². The lowest BCUT2D eigenvalue weighted by molar-refractivity contribution is -0.136. The first kappa shape index (κ1) is 19.9. The van der Waals surface area contributed by atoms with Gasteiger partial charge in [0.2, 0.25) is 5.91 Å². The van der Waals surface area contributed by atoms with Crippen molar-refractivity contribution >= 4 is 28.6 Å². The third-order valence-corrected chi connectivity index (χ3v) is 4.79. The van der Waals surface area contributed by atoms with E-state index in [0.29, 0.717) is 16.6 Å². The maximum atomic E-state index is 13.0. The first-order chi connectivity index (χ1) is 13.2. The van der Waals surface area contributed by atoms with Gasteiger partial charge in [0.25, 0.3) is 5.56 Å². The molecule has 0 aliphatic rings. The number of halogens is 3. The topological polar surface area (TPSA) is 64.0 Å². The summed E-state index contributed by atoms with van der Waals surface area (Å²) in [6.45, 7) is 0.508. The number of carbonyl (C=O) groups excluding carboxylic acids is 1. The van der Waals surface area contributed by atoms with E-state index >= 15 is 0 Å². The number of aromatic nitrogens is 2. The van der Waals surface area contributed by atoms with Gasteiger partial charge in [0, 0.05) is 0 Å². The van der Waals surface area contributed by atoms with Crippen LogP contribution in [0.2, 0.25) is 0 Å². The minimum absolute atomic E-state index is 0.231. The second-order valence-corrected chi connectivity index (χ2v) is 7.01. The lowest BCUT2D eigenvalue weighted by Crippen LogP contribution is -2.35. The first-order valence-corrected chi connectivity index (χ1v) is 9.28. The number of alkyl halides is 3. The molecule has 0 saturated carbocycles. The number of hydrogen-bond donors (Lipinski definition) is 1. The van der Waals surface area contributed by atoms with E-state index in [2.05, 4.69) is 4.98 Å². The Kier molecular flexibility index (Phi) is 5.73. The number of thioether (sulfide) groups is 1. The Hall–Kier alpha value is -2.81. The lowest BCUT2D eigenvalue weighted by Gasteiger charge is -2.13. The van der Waals surface area contributed by atoms with Crippen molar-refractivity contribution in [1.82, 2.24) is 14.9 Å². The summed E-state index contributed by atoms with van der Waals surface area (Å²) < 4.78 is 38.1. The van der Waals surface area contributed by atoms with Crippen LogP contribution in [-0.4, -0.2) is 33.9 Å². The van der Waals surface area contributed by atoms with Crippen molar-refractivity contribution in [3.63, 3.8) is 0 Å². The summed E-state index contributed by atoms with van der Waals surface area (Å²) in [7, 11) is 0. The van der Waals surface area contributed by atoms with Crippen molar-refractivity contribution in [2.45, 2.75) is 18.3 Å². The molecule has 1 N–H and O–H groups in total. The van der Waals surface area contributed by atoms with Crippen LogP contribution in [0.4, 0.5) is 13.2 Å². The molecule has 1 aromatic heterocycles. The number of hydrogen-bond acceptors (Lipinski definition) is 4. The minimum Gasteiger partial charge on any atom is -0.346 e.